The molecule has 0 aliphatic rings. The van der Waals surface area contributed by atoms with Crippen molar-refractivity contribution in [2.24, 2.45) is 5.73 Å². The number of carbonyl (C=O) groups is 1. The molecule has 0 aliphatic carbocycles. The molecular formula is C23H19ClF2N4O2. The quantitative estimate of drug-likeness (QED) is 0.434. The minimum absolute atomic E-state index is 0.185. The van der Waals surface area contributed by atoms with Crippen molar-refractivity contribution in [3.8, 4) is 5.75 Å². The number of anilines is 1. The van der Waals surface area contributed by atoms with Gasteiger partial charge in [-0.2, -0.15) is 0 Å². The number of aromatic nitrogens is 2. The maximum Gasteiger partial charge on any atom is 0.274 e. The highest BCUT2D eigenvalue weighted by Crippen LogP contribution is 2.28. The molecule has 0 saturated carbocycles. The molecule has 9 heteroatoms. The van der Waals surface area contributed by atoms with Crippen molar-refractivity contribution in [3.63, 3.8) is 0 Å². The molecule has 0 radical (unpaired) electrons. The van der Waals surface area contributed by atoms with Crippen LogP contribution in [0.1, 0.15) is 27.3 Å². The summed E-state index contributed by atoms with van der Waals surface area (Å²) in [6.45, 7) is 1.57. The van der Waals surface area contributed by atoms with Crippen molar-refractivity contribution in [3.05, 3.63) is 93.9 Å². The van der Waals surface area contributed by atoms with E-state index in [0.29, 0.717) is 17.0 Å². The summed E-state index contributed by atoms with van der Waals surface area (Å²) in [5.41, 5.74) is 7.87. The van der Waals surface area contributed by atoms with Gasteiger partial charge >= 0.3 is 0 Å². The molecule has 2 aromatic heterocycles. The van der Waals surface area contributed by atoms with Crippen LogP contribution in [0.15, 0.2) is 54.7 Å². The van der Waals surface area contributed by atoms with Crippen LogP contribution in [0.3, 0.4) is 0 Å². The predicted octanol–water partition coefficient (Wildman–Crippen LogP) is 4.86. The number of hydrogen-bond donors (Lipinski definition) is 2. The molecule has 3 N–H and O–H groups in total. The highest BCUT2D eigenvalue weighted by atomic mass is 35.5. The third-order valence-electron chi connectivity index (χ3n) is 4.96. The maximum absolute atomic E-state index is 14.0. The summed E-state index contributed by atoms with van der Waals surface area (Å²) in [6.07, 6.45) is 1.52. The molecule has 32 heavy (non-hydrogen) atoms. The van der Waals surface area contributed by atoms with Crippen molar-refractivity contribution >= 4 is 28.8 Å². The van der Waals surface area contributed by atoms with Crippen LogP contribution in [0, 0.1) is 18.6 Å². The number of nitrogens with two attached hydrogens (primary N) is 1. The largest absolute Gasteiger partial charge is 0.485 e. The number of amides is 1. The number of rotatable bonds is 6. The Morgan fingerprint density at radius 3 is 2.62 bits per heavy atom. The smallest absolute Gasteiger partial charge is 0.274 e. The van der Waals surface area contributed by atoms with E-state index in [0.717, 1.165) is 17.7 Å². The Kier molecular flexibility index (Phi) is 6.07. The Bertz CT molecular complexity index is 1300. The van der Waals surface area contributed by atoms with Crippen LogP contribution in [0.4, 0.5) is 14.5 Å². The molecule has 0 saturated heterocycles. The molecule has 164 valence electrons. The van der Waals surface area contributed by atoms with Gasteiger partial charge in [-0.05, 0) is 30.7 Å². The maximum atomic E-state index is 14.0. The van der Waals surface area contributed by atoms with E-state index in [2.05, 4.69) is 10.3 Å². The molecule has 0 fully saturated rings. The summed E-state index contributed by atoms with van der Waals surface area (Å²) in [5, 5.41) is 3.11. The first kappa shape index (κ1) is 21.7. The number of nitrogens with one attached hydrogen (secondary N) is 1. The number of imidazole rings is 1. The molecule has 0 spiro atoms. The van der Waals surface area contributed by atoms with Crippen LogP contribution >= 0.6 is 11.6 Å². The number of nitrogens with zero attached hydrogens (tertiary/aromatic N) is 2. The second-order valence-corrected chi connectivity index (χ2v) is 7.50. The van der Waals surface area contributed by atoms with Crippen LogP contribution in [-0.2, 0) is 13.2 Å². The van der Waals surface area contributed by atoms with Gasteiger partial charge in [-0.25, -0.2) is 13.8 Å². The minimum atomic E-state index is -0.721. The number of benzene rings is 2. The normalized spacial score (nSPS) is 11.0. The summed E-state index contributed by atoms with van der Waals surface area (Å²) in [7, 11) is 0. The molecule has 2 heterocycles. The number of ether oxygens (including phenoxy) is 1. The number of para-hydroxylation sites is 1. The summed E-state index contributed by atoms with van der Waals surface area (Å²) >= 11 is 6.24. The van der Waals surface area contributed by atoms with E-state index in [1.807, 2.05) is 12.1 Å². The topological polar surface area (TPSA) is 81.7 Å². The molecule has 4 aromatic rings. The number of aryl methyl sites for hydroxylation is 1. The highest BCUT2D eigenvalue weighted by molar-refractivity contribution is 6.30. The first-order valence-electron chi connectivity index (χ1n) is 9.72. The fraction of sp³-hybridized carbons (Fsp3) is 0.130. The van der Waals surface area contributed by atoms with Gasteiger partial charge in [-0.3, -0.25) is 9.20 Å². The standard InChI is InChI=1S/C23H19ClF2N4O2/c1-13-21(23(31)29-19-8-3-2-5-14(19)10-27)30-11-15(24)9-20(22(30)28-13)32-12-16-17(25)6-4-7-18(16)26/h2-9,11H,10,12,27H2,1H3,(H,29,31). The van der Waals surface area contributed by atoms with Crippen molar-refractivity contribution in [1.82, 2.24) is 9.38 Å². The third kappa shape index (κ3) is 4.15. The van der Waals surface area contributed by atoms with Gasteiger partial charge < -0.3 is 15.8 Å². The zero-order valence-electron chi connectivity index (χ0n) is 17.0. The lowest BCUT2D eigenvalue weighted by Gasteiger charge is -2.12. The Balaban J connectivity index is 1.69. The zero-order chi connectivity index (χ0) is 22.8. The van der Waals surface area contributed by atoms with Crippen molar-refractivity contribution < 1.29 is 18.3 Å². The van der Waals surface area contributed by atoms with E-state index in [1.54, 1.807) is 19.1 Å². The van der Waals surface area contributed by atoms with E-state index >= 15 is 0 Å². The van der Waals surface area contributed by atoms with E-state index in [1.165, 1.54) is 22.7 Å². The van der Waals surface area contributed by atoms with Gasteiger partial charge in [0.1, 0.15) is 23.9 Å². The van der Waals surface area contributed by atoms with Crippen LogP contribution < -0.4 is 15.8 Å². The number of pyridine rings is 1. The van der Waals surface area contributed by atoms with Gasteiger partial charge in [-0.15, -0.1) is 0 Å². The molecular weight excluding hydrogens is 438 g/mol. The van der Waals surface area contributed by atoms with Crippen molar-refractivity contribution in [2.45, 2.75) is 20.1 Å². The van der Waals surface area contributed by atoms with Crippen molar-refractivity contribution in [1.29, 1.82) is 0 Å². The van der Waals surface area contributed by atoms with E-state index < -0.39 is 17.5 Å². The lowest BCUT2D eigenvalue weighted by Crippen LogP contribution is -2.17. The second-order valence-electron chi connectivity index (χ2n) is 7.07. The SMILES string of the molecule is Cc1nc2c(OCc3c(F)cccc3F)cc(Cl)cn2c1C(=O)Nc1ccccc1CN. The van der Waals surface area contributed by atoms with Gasteiger partial charge in [0.25, 0.3) is 5.91 Å². The molecule has 0 aliphatic heterocycles. The highest BCUT2D eigenvalue weighted by Gasteiger charge is 2.21. The number of fused-ring (bicyclic) bond motifs is 1. The molecule has 4 rings (SSSR count). The third-order valence-corrected chi connectivity index (χ3v) is 5.17. The van der Waals surface area contributed by atoms with Crippen molar-refractivity contribution in [2.75, 3.05) is 5.32 Å². The summed E-state index contributed by atoms with van der Waals surface area (Å²) < 4.78 is 35.1. The monoisotopic (exact) mass is 456 g/mol. The lowest BCUT2D eigenvalue weighted by atomic mass is 10.1. The average Bonchev–Trinajstić information content (AvgIpc) is 3.09. The van der Waals surface area contributed by atoms with Gasteiger partial charge in [0, 0.05) is 24.5 Å². The Hall–Kier alpha value is -3.49. The Labute approximate surface area is 187 Å². The summed E-state index contributed by atoms with van der Waals surface area (Å²) in [6, 6.07) is 12.3. The van der Waals surface area contributed by atoms with Gasteiger partial charge in [-0.1, -0.05) is 35.9 Å². The zero-order valence-corrected chi connectivity index (χ0v) is 17.8. The Morgan fingerprint density at radius 2 is 1.91 bits per heavy atom. The van der Waals surface area contributed by atoms with Gasteiger partial charge in [0.05, 0.1) is 16.3 Å². The molecule has 0 atom stereocenters. The number of hydrogen-bond acceptors (Lipinski definition) is 4. The first-order valence-corrected chi connectivity index (χ1v) is 10.1. The predicted molar refractivity (Wildman–Crippen MR) is 118 cm³/mol. The first-order chi connectivity index (χ1) is 15.4. The fourth-order valence-corrected chi connectivity index (χ4v) is 3.59. The van der Waals surface area contributed by atoms with E-state index in [-0.39, 0.29) is 35.2 Å². The van der Waals surface area contributed by atoms with E-state index in [4.69, 9.17) is 22.1 Å². The lowest BCUT2D eigenvalue weighted by molar-refractivity contribution is 0.102. The summed E-state index contributed by atoms with van der Waals surface area (Å²) in [4.78, 5) is 17.5. The number of carbonyl (C=O) groups excluding carboxylic acids is 1. The molecule has 0 unspecified atom stereocenters. The minimum Gasteiger partial charge on any atom is -0.485 e. The second kappa shape index (κ2) is 8.94. The molecule has 6 nitrogen and oxygen atoms in total. The number of halogens is 3. The Morgan fingerprint density at radius 1 is 1.19 bits per heavy atom. The fourth-order valence-electron chi connectivity index (χ4n) is 3.40. The van der Waals surface area contributed by atoms with E-state index in [9.17, 15) is 13.6 Å². The molecule has 0 bridgehead atoms. The molecule has 1 amide bonds. The average molecular weight is 457 g/mol. The van der Waals surface area contributed by atoms with Gasteiger partial charge in [0.15, 0.2) is 11.4 Å². The molecule has 2 aromatic carbocycles. The van der Waals surface area contributed by atoms with Crippen LogP contribution in [0.5, 0.6) is 5.75 Å². The summed E-state index contributed by atoms with van der Waals surface area (Å²) in [5.74, 6) is -1.67. The van der Waals surface area contributed by atoms with Gasteiger partial charge in [0.2, 0.25) is 0 Å². The van der Waals surface area contributed by atoms with Crippen LogP contribution in [0.2, 0.25) is 5.02 Å². The van der Waals surface area contributed by atoms with Crippen LogP contribution in [-0.4, -0.2) is 15.3 Å². The van der Waals surface area contributed by atoms with Crippen LogP contribution in [0.25, 0.3) is 5.65 Å².